The highest BCUT2D eigenvalue weighted by atomic mass is 32.2. The lowest BCUT2D eigenvalue weighted by atomic mass is 10.1. The molecule has 1 unspecified atom stereocenters. The largest absolute Gasteiger partial charge is 0.321 e. The van der Waals surface area contributed by atoms with Gasteiger partial charge in [-0.3, -0.25) is 14.4 Å². The summed E-state index contributed by atoms with van der Waals surface area (Å²) in [5.74, 6) is -1.68. The molecule has 5 rings (SSSR count). The van der Waals surface area contributed by atoms with E-state index in [1.54, 1.807) is 60.1 Å². The van der Waals surface area contributed by atoms with E-state index in [9.17, 15) is 18.8 Å². The van der Waals surface area contributed by atoms with Crippen LogP contribution in [-0.2, 0) is 9.59 Å². The summed E-state index contributed by atoms with van der Waals surface area (Å²) in [7, 11) is 0. The number of thioether (sulfide) groups is 1. The van der Waals surface area contributed by atoms with Gasteiger partial charge in [-0.25, -0.2) is 9.37 Å². The van der Waals surface area contributed by atoms with Gasteiger partial charge < -0.3 is 16.0 Å². The first kappa shape index (κ1) is 29.4. The van der Waals surface area contributed by atoms with Crippen molar-refractivity contribution in [3.8, 4) is 0 Å². The summed E-state index contributed by atoms with van der Waals surface area (Å²) in [6, 6.07) is 30.5. The Bertz CT molecular complexity index is 1730. The molecule has 10 heteroatoms. The van der Waals surface area contributed by atoms with E-state index < -0.39 is 22.9 Å². The van der Waals surface area contributed by atoms with Crippen molar-refractivity contribution < 1.29 is 18.8 Å². The maximum Gasteiger partial charge on any atom is 0.272 e. The third kappa shape index (κ3) is 8.25. The summed E-state index contributed by atoms with van der Waals surface area (Å²) < 4.78 is 13.5. The van der Waals surface area contributed by atoms with Crippen molar-refractivity contribution >= 4 is 57.7 Å². The van der Waals surface area contributed by atoms with Crippen LogP contribution in [-0.4, -0.2) is 22.7 Å². The number of hydrogen-bond donors (Lipinski definition) is 3. The Balaban J connectivity index is 1.37. The molecule has 0 saturated heterocycles. The van der Waals surface area contributed by atoms with E-state index in [1.165, 1.54) is 53.4 Å². The van der Waals surface area contributed by atoms with Crippen LogP contribution in [0.25, 0.3) is 6.08 Å². The second-order valence-electron chi connectivity index (χ2n) is 9.15. The molecule has 0 aliphatic carbocycles. The number of anilines is 2. The molecule has 0 spiro atoms. The van der Waals surface area contributed by atoms with Crippen LogP contribution < -0.4 is 16.0 Å². The fourth-order valence-corrected chi connectivity index (χ4v) is 5.62. The molecule has 1 aromatic heterocycles. The van der Waals surface area contributed by atoms with Crippen molar-refractivity contribution in [3.63, 3.8) is 0 Å². The molecular formula is C33H25FN4O3S2. The van der Waals surface area contributed by atoms with Crippen LogP contribution in [0.1, 0.15) is 26.7 Å². The molecule has 0 aliphatic rings. The monoisotopic (exact) mass is 608 g/mol. The van der Waals surface area contributed by atoms with Gasteiger partial charge >= 0.3 is 0 Å². The number of amides is 3. The summed E-state index contributed by atoms with van der Waals surface area (Å²) in [6.07, 6.45) is 3.10. The zero-order chi connectivity index (χ0) is 30.0. The summed E-state index contributed by atoms with van der Waals surface area (Å²) in [5.41, 5.74) is 2.15. The molecule has 1 heterocycles. The molecular weight excluding hydrogens is 584 g/mol. The first-order valence-corrected chi connectivity index (χ1v) is 14.9. The summed E-state index contributed by atoms with van der Waals surface area (Å²) in [5, 5.41) is 10.1. The van der Waals surface area contributed by atoms with Crippen LogP contribution in [0.4, 0.5) is 15.2 Å². The molecule has 0 radical (unpaired) electrons. The molecule has 214 valence electrons. The maximum atomic E-state index is 13.5. The van der Waals surface area contributed by atoms with E-state index in [0.29, 0.717) is 21.9 Å². The van der Waals surface area contributed by atoms with Gasteiger partial charge in [0.05, 0.1) is 0 Å². The Labute approximate surface area is 255 Å². The Hall–Kier alpha value is -5.06. The molecule has 1 atom stereocenters. The number of hydrogen-bond acceptors (Lipinski definition) is 6. The summed E-state index contributed by atoms with van der Waals surface area (Å²) >= 11 is 2.66. The normalized spacial score (nSPS) is 11.8. The predicted molar refractivity (Wildman–Crippen MR) is 169 cm³/mol. The van der Waals surface area contributed by atoms with Crippen LogP contribution in [0.5, 0.6) is 0 Å². The first-order valence-electron chi connectivity index (χ1n) is 13.1. The van der Waals surface area contributed by atoms with E-state index >= 15 is 0 Å². The Morgan fingerprint density at radius 3 is 2.26 bits per heavy atom. The van der Waals surface area contributed by atoms with Gasteiger partial charge in [0.2, 0.25) is 5.91 Å². The van der Waals surface area contributed by atoms with Crippen molar-refractivity contribution in [2.45, 2.75) is 10.1 Å². The minimum absolute atomic E-state index is 0.0245. The third-order valence-corrected chi connectivity index (χ3v) is 8.00. The van der Waals surface area contributed by atoms with E-state index in [-0.39, 0.29) is 11.6 Å². The van der Waals surface area contributed by atoms with Crippen molar-refractivity contribution in [1.82, 2.24) is 10.3 Å². The fourth-order valence-electron chi connectivity index (χ4n) is 4.01. The maximum absolute atomic E-state index is 13.5. The van der Waals surface area contributed by atoms with Gasteiger partial charge in [-0.15, -0.1) is 23.1 Å². The van der Waals surface area contributed by atoms with Crippen LogP contribution in [0, 0.1) is 5.82 Å². The first-order chi connectivity index (χ1) is 20.9. The average Bonchev–Trinajstić information content (AvgIpc) is 3.54. The molecule has 43 heavy (non-hydrogen) atoms. The zero-order valence-corrected chi connectivity index (χ0v) is 24.2. The zero-order valence-electron chi connectivity index (χ0n) is 22.6. The molecule has 0 bridgehead atoms. The lowest BCUT2D eigenvalue weighted by molar-refractivity contribution is -0.116. The van der Waals surface area contributed by atoms with Gasteiger partial charge in [0.25, 0.3) is 11.8 Å². The third-order valence-electron chi connectivity index (χ3n) is 6.06. The molecule has 7 nitrogen and oxygen atoms in total. The fraction of sp³-hybridized carbons (Fsp3) is 0.0303. The van der Waals surface area contributed by atoms with Crippen molar-refractivity contribution in [3.05, 3.63) is 149 Å². The van der Waals surface area contributed by atoms with E-state index in [0.717, 1.165) is 10.5 Å². The van der Waals surface area contributed by atoms with Gasteiger partial charge in [-0.2, -0.15) is 0 Å². The number of nitrogens with zero attached hydrogens (tertiary/aromatic N) is 1. The number of benzene rings is 4. The lowest BCUT2D eigenvalue weighted by Crippen LogP contribution is -2.30. The highest BCUT2D eigenvalue weighted by molar-refractivity contribution is 8.00. The molecule has 4 aromatic carbocycles. The van der Waals surface area contributed by atoms with Gasteiger partial charge in [0, 0.05) is 27.7 Å². The number of halogens is 1. The van der Waals surface area contributed by atoms with Crippen LogP contribution in [0.2, 0.25) is 0 Å². The molecule has 3 amide bonds. The molecule has 3 N–H and O–H groups in total. The molecule has 0 fully saturated rings. The number of nitrogens with one attached hydrogen (secondary N) is 3. The number of aromatic nitrogens is 1. The van der Waals surface area contributed by atoms with Crippen LogP contribution in [0.3, 0.4) is 0 Å². The highest BCUT2D eigenvalue weighted by Gasteiger charge is 2.23. The van der Waals surface area contributed by atoms with Crippen molar-refractivity contribution in [2.24, 2.45) is 0 Å². The number of rotatable bonds is 10. The molecule has 0 aliphatic heterocycles. The minimum Gasteiger partial charge on any atom is -0.321 e. The minimum atomic E-state index is -0.588. The topological polar surface area (TPSA) is 100 Å². The van der Waals surface area contributed by atoms with Crippen LogP contribution in [0.15, 0.2) is 131 Å². The number of carbonyl (C=O) groups is 3. The Kier molecular flexibility index (Phi) is 9.73. The predicted octanol–water partition coefficient (Wildman–Crippen LogP) is 7.16. The Morgan fingerprint density at radius 2 is 1.56 bits per heavy atom. The molecule has 5 aromatic rings. The molecule has 0 saturated carbocycles. The quantitative estimate of drug-likeness (QED) is 0.115. The number of carbonyl (C=O) groups excluding carboxylic acids is 3. The van der Waals surface area contributed by atoms with Crippen molar-refractivity contribution in [2.75, 3.05) is 10.6 Å². The number of thiazole rings is 1. The Morgan fingerprint density at radius 1 is 0.837 bits per heavy atom. The lowest BCUT2D eigenvalue weighted by Gasteiger charge is -2.17. The van der Waals surface area contributed by atoms with E-state index in [2.05, 4.69) is 20.9 Å². The van der Waals surface area contributed by atoms with Crippen molar-refractivity contribution in [1.29, 1.82) is 0 Å². The van der Waals surface area contributed by atoms with Gasteiger partial charge in [-0.1, -0.05) is 66.7 Å². The standard InChI is InChI=1S/C33H25FN4O3S2/c34-25-16-14-22(15-17-25)20-28(37-30(39)24-10-5-2-6-11-24)31(40)36-26-12-7-13-27(21-26)43-29(23-8-3-1-4-9-23)32(41)38-33-35-18-19-42-33/h1-21,29H,(H,36,40)(H,37,39)(H,35,38,41)/b28-20-. The average molecular weight is 609 g/mol. The van der Waals surface area contributed by atoms with Gasteiger partial charge in [0.1, 0.15) is 16.8 Å². The van der Waals surface area contributed by atoms with E-state index in [1.807, 2.05) is 36.4 Å². The van der Waals surface area contributed by atoms with E-state index in [4.69, 9.17) is 0 Å². The summed E-state index contributed by atoms with van der Waals surface area (Å²) in [6.45, 7) is 0. The summed E-state index contributed by atoms with van der Waals surface area (Å²) in [4.78, 5) is 44.5. The van der Waals surface area contributed by atoms with Crippen LogP contribution >= 0.6 is 23.1 Å². The second kappa shape index (κ2) is 14.2. The highest BCUT2D eigenvalue weighted by Crippen LogP contribution is 2.37. The van der Waals surface area contributed by atoms with Gasteiger partial charge in [0.15, 0.2) is 5.13 Å². The smallest absolute Gasteiger partial charge is 0.272 e. The second-order valence-corrected chi connectivity index (χ2v) is 11.2. The van der Waals surface area contributed by atoms with Gasteiger partial charge in [-0.05, 0) is 59.7 Å². The SMILES string of the molecule is O=C(Nc1cccc(SC(C(=O)Nc2nccs2)c2ccccc2)c1)/C(=C/c1ccc(F)cc1)NC(=O)c1ccccc1.